The highest BCUT2D eigenvalue weighted by molar-refractivity contribution is 5.81. The molecule has 1 rings (SSSR count). The Morgan fingerprint density at radius 2 is 1.94 bits per heavy atom. The van der Waals surface area contributed by atoms with Gasteiger partial charge in [-0.15, -0.1) is 0 Å². The maximum Gasteiger partial charge on any atom is 0.326 e. The van der Waals surface area contributed by atoms with Crippen LogP contribution in [0, 0.1) is 5.92 Å². The van der Waals surface area contributed by atoms with Crippen LogP contribution >= 0.6 is 0 Å². The van der Waals surface area contributed by atoms with Crippen molar-refractivity contribution in [3.63, 3.8) is 0 Å². The molecule has 0 saturated heterocycles. The van der Waals surface area contributed by atoms with E-state index in [-0.39, 0.29) is 5.92 Å². The van der Waals surface area contributed by atoms with E-state index in [0.29, 0.717) is 5.69 Å². The fraction of sp³-hybridized carbons (Fsp3) is 0.417. The molecule has 4 nitrogen and oxygen atoms in total. The van der Waals surface area contributed by atoms with Crippen molar-refractivity contribution < 1.29 is 9.90 Å². The summed E-state index contributed by atoms with van der Waals surface area (Å²) in [4.78, 5) is 12.9. The molecular formula is C12H18N2O2. The van der Waals surface area contributed by atoms with Gasteiger partial charge in [-0.25, -0.2) is 4.79 Å². The summed E-state index contributed by atoms with van der Waals surface area (Å²) < 4.78 is 0. The van der Waals surface area contributed by atoms with E-state index in [9.17, 15) is 9.90 Å². The molecule has 16 heavy (non-hydrogen) atoms. The Labute approximate surface area is 95.7 Å². The van der Waals surface area contributed by atoms with Crippen LogP contribution in [0.3, 0.4) is 0 Å². The lowest BCUT2D eigenvalue weighted by molar-refractivity contribution is -0.139. The molecule has 0 fully saturated rings. The van der Waals surface area contributed by atoms with Crippen LogP contribution in [0.15, 0.2) is 24.3 Å². The van der Waals surface area contributed by atoms with Crippen LogP contribution in [0.2, 0.25) is 0 Å². The van der Waals surface area contributed by atoms with E-state index in [1.807, 2.05) is 32.0 Å². The van der Waals surface area contributed by atoms with Crippen LogP contribution in [0.25, 0.3) is 0 Å². The number of carboxylic acid groups (broad SMARTS) is 1. The van der Waals surface area contributed by atoms with Crippen LogP contribution in [0.1, 0.15) is 13.8 Å². The minimum Gasteiger partial charge on any atom is -0.480 e. The zero-order valence-electron chi connectivity index (χ0n) is 9.84. The van der Waals surface area contributed by atoms with E-state index in [1.54, 1.807) is 18.0 Å². The summed E-state index contributed by atoms with van der Waals surface area (Å²) in [6.07, 6.45) is 0. The van der Waals surface area contributed by atoms with Crippen molar-refractivity contribution in [2.45, 2.75) is 19.9 Å². The quantitative estimate of drug-likeness (QED) is 0.762. The predicted octanol–water partition coefficient (Wildman–Crippen LogP) is 1.81. The van der Waals surface area contributed by atoms with Gasteiger partial charge in [0.25, 0.3) is 0 Å². The molecule has 0 aliphatic rings. The van der Waals surface area contributed by atoms with Gasteiger partial charge >= 0.3 is 5.97 Å². The highest BCUT2D eigenvalue weighted by Crippen LogP contribution is 2.25. The number of carboxylic acids is 1. The normalized spacial score (nSPS) is 12.5. The number of carbonyl (C=O) groups is 1. The van der Waals surface area contributed by atoms with Crippen molar-refractivity contribution in [2.75, 3.05) is 17.7 Å². The minimum atomic E-state index is -0.833. The number of nitrogens with two attached hydrogens (primary N) is 1. The van der Waals surface area contributed by atoms with E-state index in [4.69, 9.17) is 5.73 Å². The average molecular weight is 222 g/mol. The molecule has 3 N–H and O–H groups in total. The first-order valence-electron chi connectivity index (χ1n) is 5.25. The standard InChI is InChI=1S/C12H18N2O2/c1-8(2)11(12(15)16)14(3)10-7-5-4-6-9(10)13/h4-8,11H,13H2,1-3H3,(H,15,16). The largest absolute Gasteiger partial charge is 0.480 e. The third kappa shape index (κ3) is 2.45. The zero-order chi connectivity index (χ0) is 12.3. The van der Waals surface area contributed by atoms with Gasteiger partial charge in [0, 0.05) is 7.05 Å². The van der Waals surface area contributed by atoms with Gasteiger partial charge in [-0.1, -0.05) is 26.0 Å². The molecule has 0 spiro atoms. The third-order valence-corrected chi connectivity index (χ3v) is 2.62. The molecule has 0 aliphatic carbocycles. The monoisotopic (exact) mass is 222 g/mol. The molecule has 0 bridgehead atoms. The maximum atomic E-state index is 11.2. The fourth-order valence-electron chi connectivity index (χ4n) is 1.86. The smallest absolute Gasteiger partial charge is 0.326 e. The predicted molar refractivity (Wildman–Crippen MR) is 65.5 cm³/mol. The van der Waals surface area contributed by atoms with Gasteiger partial charge in [0.15, 0.2) is 0 Å². The Kier molecular flexibility index (Phi) is 3.77. The lowest BCUT2D eigenvalue weighted by atomic mass is 10.0. The summed E-state index contributed by atoms with van der Waals surface area (Å²) in [5.74, 6) is -0.817. The van der Waals surface area contributed by atoms with E-state index in [0.717, 1.165) is 5.69 Å². The van der Waals surface area contributed by atoms with Crippen molar-refractivity contribution in [3.05, 3.63) is 24.3 Å². The second-order valence-corrected chi connectivity index (χ2v) is 4.20. The van der Waals surface area contributed by atoms with Gasteiger partial charge < -0.3 is 15.7 Å². The van der Waals surface area contributed by atoms with Gasteiger partial charge in [-0.2, -0.15) is 0 Å². The number of benzene rings is 1. The van der Waals surface area contributed by atoms with Crippen LogP contribution < -0.4 is 10.6 Å². The second kappa shape index (κ2) is 4.88. The van der Waals surface area contributed by atoms with Crippen LogP contribution in [0.5, 0.6) is 0 Å². The first-order chi connectivity index (χ1) is 7.45. The summed E-state index contributed by atoms with van der Waals surface area (Å²) in [6.45, 7) is 3.77. The van der Waals surface area contributed by atoms with Crippen LogP contribution in [0.4, 0.5) is 11.4 Å². The molecule has 0 radical (unpaired) electrons. The number of anilines is 2. The lowest BCUT2D eigenvalue weighted by Crippen LogP contribution is -2.42. The average Bonchev–Trinajstić information content (AvgIpc) is 2.16. The number of para-hydroxylation sites is 2. The maximum absolute atomic E-state index is 11.2. The third-order valence-electron chi connectivity index (χ3n) is 2.62. The molecule has 0 saturated carbocycles. The van der Waals surface area contributed by atoms with Crippen molar-refractivity contribution >= 4 is 17.3 Å². The Bertz CT molecular complexity index is 377. The van der Waals surface area contributed by atoms with Crippen LogP contribution in [-0.2, 0) is 4.79 Å². The molecule has 0 aliphatic heterocycles. The first kappa shape index (κ1) is 12.4. The van der Waals surface area contributed by atoms with Gasteiger partial charge in [0.05, 0.1) is 11.4 Å². The molecule has 88 valence electrons. The van der Waals surface area contributed by atoms with E-state index >= 15 is 0 Å². The summed E-state index contributed by atoms with van der Waals surface area (Å²) >= 11 is 0. The molecule has 1 aromatic carbocycles. The number of likely N-dealkylation sites (N-methyl/N-ethyl adjacent to an activating group) is 1. The molecule has 4 heteroatoms. The number of rotatable bonds is 4. The van der Waals surface area contributed by atoms with Crippen molar-refractivity contribution in [3.8, 4) is 0 Å². The van der Waals surface area contributed by atoms with Gasteiger partial charge in [0.2, 0.25) is 0 Å². The number of aliphatic carboxylic acids is 1. The highest BCUT2D eigenvalue weighted by Gasteiger charge is 2.27. The number of nitrogen functional groups attached to an aromatic ring is 1. The van der Waals surface area contributed by atoms with Crippen molar-refractivity contribution in [2.24, 2.45) is 5.92 Å². The van der Waals surface area contributed by atoms with Crippen molar-refractivity contribution in [1.82, 2.24) is 0 Å². The number of hydrogen-bond donors (Lipinski definition) is 2. The molecule has 0 aromatic heterocycles. The molecular weight excluding hydrogens is 204 g/mol. The fourth-order valence-corrected chi connectivity index (χ4v) is 1.86. The number of nitrogens with zero attached hydrogens (tertiary/aromatic N) is 1. The lowest BCUT2D eigenvalue weighted by Gasteiger charge is -2.30. The number of hydrogen-bond acceptors (Lipinski definition) is 3. The Morgan fingerprint density at radius 3 is 2.38 bits per heavy atom. The Morgan fingerprint density at radius 1 is 1.38 bits per heavy atom. The SMILES string of the molecule is CC(C)C(C(=O)O)N(C)c1ccccc1N. The Balaban J connectivity index is 3.04. The first-order valence-corrected chi connectivity index (χ1v) is 5.25. The summed E-state index contributed by atoms with van der Waals surface area (Å²) in [5, 5.41) is 9.18. The molecule has 0 amide bonds. The molecule has 1 atom stereocenters. The highest BCUT2D eigenvalue weighted by atomic mass is 16.4. The van der Waals surface area contributed by atoms with Gasteiger partial charge in [0.1, 0.15) is 6.04 Å². The van der Waals surface area contributed by atoms with Gasteiger partial charge in [-0.3, -0.25) is 0 Å². The van der Waals surface area contributed by atoms with E-state index in [1.165, 1.54) is 0 Å². The molecule has 0 heterocycles. The minimum absolute atomic E-state index is 0.0158. The summed E-state index contributed by atoms with van der Waals surface area (Å²) in [5.41, 5.74) is 7.17. The molecule has 1 unspecified atom stereocenters. The second-order valence-electron chi connectivity index (χ2n) is 4.20. The summed E-state index contributed by atoms with van der Waals surface area (Å²) in [6, 6.07) is 6.71. The topological polar surface area (TPSA) is 66.6 Å². The van der Waals surface area contributed by atoms with E-state index < -0.39 is 12.0 Å². The van der Waals surface area contributed by atoms with E-state index in [2.05, 4.69) is 0 Å². The molecule has 1 aromatic rings. The van der Waals surface area contributed by atoms with Gasteiger partial charge in [-0.05, 0) is 18.1 Å². The Hall–Kier alpha value is -1.71. The van der Waals surface area contributed by atoms with Crippen LogP contribution in [-0.4, -0.2) is 24.2 Å². The zero-order valence-corrected chi connectivity index (χ0v) is 9.84. The summed E-state index contributed by atoms with van der Waals surface area (Å²) in [7, 11) is 1.75. The van der Waals surface area contributed by atoms with Crippen molar-refractivity contribution in [1.29, 1.82) is 0 Å².